The number of aliphatic hydroxyl groups is 1. The minimum absolute atomic E-state index is 0.149. The van der Waals surface area contributed by atoms with Gasteiger partial charge in [0.1, 0.15) is 10.7 Å². The van der Waals surface area contributed by atoms with Gasteiger partial charge in [0.15, 0.2) is 0 Å². The summed E-state index contributed by atoms with van der Waals surface area (Å²) >= 11 is 1.35. The molecule has 0 aliphatic heterocycles. The zero-order valence-corrected chi connectivity index (χ0v) is 12.3. The molecule has 2 atom stereocenters. The molecule has 4 N–H and O–H groups in total. The Kier molecular flexibility index (Phi) is 5.60. The van der Waals surface area contributed by atoms with Crippen LogP contribution in [0, 0.1) is 5.82 Å². The van der Waals surface area contributed by atoms with Crippen LogP contribution < -0.4 is 10.5 Å². The number of nitrogens with one attached hydrogen (secondary N) is 1. The van der Waals surface area contributed by atoms with E-state index in [2.05, 4.69) is 4.72 Å². The van der Waals surface area contributed by atoms with Gasteiger partial charge in [0.25, 0.3) is 0 Å². The van der Waals surface area contributed by atoms with Crippen molar-refractivity contribution in [3.8, 4) is 0 Å². The maximum absolute atomic E-state index is 12.9. The highest BCUT2D eigenvalue weighted by Gasteiger charge is 2.24. The topological polar surface area (TPSA) is 92.4 Å². The second-order valence-corrected chi connectivity index (χ2v) is 6.81. The third-order valence-corrected chi connectivity index (χ3v) is 5.44. The molecule has 19 heavy (non-hydrogen) atoms. The Morgan fingerprint density at radius 2 is 2.16 bits per heavy atom. The summed E-state index contributed by atoms with van der Waals surface area (Å²) in [7, 11) is -3.84. The van der Waals surface area contributed by atoms with Crippen molar-refractivity contribution in [3.05, 3.63) is 24.0 Å². The number of thioether (sulfide) groups is 1. The number of nitrogens with two attached hydrogens (primary N) is 1. The van der Waals surface area contributed by atoms with E-state index in [1.807, 2.05) is 0 Å². The van der Waals surface area contributed by atoms with E-state index in [1.54, 1.807) is 13.2 Å². The van der Waals surface area contributed by atoms with Crippen LogP contribution in [-0.2, 0) is 10.0 Å². The van der Waals surface area contributed by atoms with Gasteiger partial charge in [-0.2, -0.15) is 11.8 Å². The molecular formula is C11H17FN2O3S2. The number of anilines is 1. The third kappa shape index (κ3) is 4.07. The normalized spacial score (nSPS) is 15.2. The summed E-state index contributed by atoms with van der Waals surface area (Å²) in [5.74, 6) is -0.596. The fourth-order valence-corrected chi connectivity index (χ4v) is 3.69. The van der Waals surface area contributed by atoms with Gasteiger partial charge in [-0.1, -0.05) is 0 Å². The molecule has 0 amide bonds. The van der Waals surface area contributed by atoms with Crippen LogP contribution in [0.15, 0.2) is 23.1 Å². The van der Waals surface area contributed by atoms with Gasteiger partial charge in [-0.15, -0.1) is 0 Å². The van der Waals surface area contributed by atoms with Gasteiger partial charge in [-0.05, 0) is 31.4 Å². The predicted molar refractivity (Wildman–Crippen MR) is 75.0 cm³/mol. The van der Waals surface area contributed by atoms with Crippen molar-refractivity contribution in [3.63, 3.8) is 0 Å². The molecule has 1 aromatic rings. The Balaban J connectivity index is 2.98. The van der Waals surface area contributed by atoms with Gasteiger partial charge < -0.3 is 10.8 Å². The van der Waals surface area contributed by atoms with Crippen LogP contribution in [0.3, 0.4) is 0 Å². The van der Waals surface area contributed by atoms with Crippen molar-refractivity contribution in [2.75, 3.05) is 18.6 Å². The van der Waals surface area contributed by atoms with Gasteiger partial charge >= 0.3 is 0 Å². The Labute approximate surface area is 116 Å². The first-order chi connectivity index (χ1) is 8.81. The Morgan fingerprint density at radius 1 is 1.53 bits per heavy atom. The predicted octanol–water partition coefficient (Wildman–Crippen LogP) is 0.799. The van der Waals surface area contributed by atoms with E-state index < -0.39 is 21.9 Å². The van der Waals surface area contributed by atoms with Gasteiger partial charge in [0, 0.05) is 11.3 Å². The van der Waals surface area contributed by atoms with Crippen LogP contribution in [0.2, 0.25) is 0 Å². The van der Waals surface area contributed by atoms with E-state index in [1.165, 1.54) is 11.8 Å². The van der Waals surface area contributed by atoms with Crippen LogP contribution in [0.1, 0.15) is 6.92 Å². The zero-order valence-electron chi connectivity index (χ0n) is 10.6. The molecule has 5 nitrogen and oxygen atoms in total. The smallest absolute Gasteiger partial charge is 0.242 e. The molecule has 8 heteroatoms. The van der Waals surface area contributed by atoms with E-state index in [-0.39, 0.29) is 22.4 Å². The van der Waals surface area contributed by atoms with Gasteiger partial charge in [0.2, 0.25) is 10.0 Å². The van der Waals surface area contributed by atoms with Crippen molar-refractivity contribution in [1.29, 1.82) is 0 Å². The van der Waals surface area contributed by atoms with Crippen molar-refractivity contribution in [1.82, 2.24) is 4.72 Å². The van der Waals surface area contributed by atoms with Crippen LogP contribution in [0.5, 0.6) is 0 Å². The first kappa shape index (κ1) is 16.2. The summed E-state index contributed by atoms with van der Waals surface area (Å²) in [6.07, 6.45) is 1.78. The SMILES string of the molecule is CSC(CO)C(C)NS(=O)(=O)c1ccc(F)cc1N. The van der Waals surface area contributed by atoms with E-state index in [9.17, 15) is 12.8 Å². The summed E-state index contributed by atoms with van der Waals surface area (Å²) in [6, 6.07) is 2.63. The highest BCUT2D eigenvalue weighted by atomic mass is 32.2. The number of aliphatic hydroxyl groups excluding tert-OH is 1. The monoisotopic (exact) mass is 308 g/mol. The fraction of sp³-hybridized carbons (Fsp3) is 0.455. The maximum Gasteiger partial charge on any atom is 0.242 e. The Bertz CT molecular complexity index is 533. The minimum Gasteiger partial charge on any atom is -0.398 e. The van der Waals surface area contributed by atoms with Crippen LogP contribution in [-0.4, -0.2) is 37.7 Å². The lowest BCUT2D eigenvalue weighted by molar-refractivity contribution is 0.282. The lowest BCUT2D eigenvalue weighted by Gasteiger charge is -2.21. The second kappa shape index (κ2) is 6.56. The molecule has 1 rings (SSSR count). The van der Waals surface area contributed by atoms with Crippen molar-refractivity contribution in [2.24, 2.45) is 0 Å². The standard InChI is InChI=1S/C11H17FN2O3S2/c1-7(10(6-15)18-2)14-19(16,17)11-4-3-8(12)5-9(11)13/h3-5,7,10,14-15H,6,13H2,1-2H3. The number of hydrogen-bond acceptors (Lipinski definition) is 5. The molecule has 0 aliphatic carbocycles. The highest BCUT2D eigenvalue weighted by Crippen LogP contribution is 2.20. The largest absolute Gasteiger partial charge is 0.398 e. The molecule has 0 aromatic heterocycles. The first-order valence-corrected chi connectivity index (χ1v) is 8.30. The molecule has 0 saturated carbocycles. The maximum atomic E-state index is 12.9. The van der Waals surface area contributed by atoms with E-state index in [0.29, 0.717) is 0 Å². The molecule has 0 radical (unpaired) electrons. The van der Waals surface area contributed by atoms with E-state index in [0.717, 1.165) is 18.2 Å². The lowest BCUT2D eigenvalue weighted by Crippen LogP contribution is -2.41. The lowest BCUT2D eigenvalue weighted by atomic mass is 10.3. The summed E-state index contributed by atoms with van der Waals surface area (Å²) in [5.41, 5.74) is 5.36. The number of halogens is 1. The van der Waals surface area contributed by atoms with Crippen molar-refractivity contribution < 1.29 is 17.9 Å². The molecule has 108 valence electrons. The number of rotatable bonds is 6. The average Bonchev–Trinajstić information content (AvgIpc) is 2.29. The van der Waals surface area contributed by atoms with Gasteiger partial charge in [-0.25, -0.2) is 17.5 Å². The van der Waals surface area contributed by atoms with E-state index >= 15 is 0 Å². The summed E-state index contributed by atoms with van der Waals surface area (Å²) in [6.45, 7) is 1.50. The third-order valence-electron chi connectivity index (χ3n) is 2.64. The average molecular weight is 308 g/mol. The molecule has 0 bridgehead atoms. The first-order valence-electron chi connectivity index (χ1n) is 5.53. The number of hydrogen-bond donors (Lipinski definition) is 3. The Morgan fingerprint density at radius 3 is 2.63 bits per heavy atom. The van der Waals surface area contributed by atoms with Crippen molar-refractivity contribution >= 4 is 27.5 Å². The molecular weight excluding hydrogens is 291 g/mol. The van der Waals surface area contributed by atoms with Gasteiger partial charge in [-0.3, -0.25) is 0 Å². The van der Waals surface area contributed by atoms with Gasteiger partial charge in [0.05, 0.1) is 12.3 Å². The molecule has 0 saturated heterocycles. The summed E-state index contributed by atoms with van der Waals surface area (Å²) in [4.78, 5) is -0.168. The molecule has 0 aliphatic rings. The highest BCUT2D eigenvalue weighted by molar-refractivity contribution is 7.99. The second-order valence-electron chi connectivity index (χ2n) is 4.05. The molecule has 0 heterocycles. The summed E-state index contributed by atoms with van der Waals surface area (Å²) < 4.78 is 39.5. The van der Waals surface area contributed by atoms with Crippen LogP contribution >= 0.6 is 11.8 Å². The zero-order chi connectivity index (χ0) is 14.6. The Hall–Kier alpha value is -0.830. The molecule has 0 spiro atoms. The minimum atomic E-state index is -3.84. The number of nitrogen functional groups attached to an aromatic ring is 1. The number of sulfonamides is 1. The summed E-state index contributed by atoms with van der Waals surface area (Å²) in [5, 5.41) is 8.86. The van der Waals surface area contributed by atoms with Crippen LogP contribution in [0.25, 0.3) is 0 Å². The van der Waals surface area contributed by atoms with Crippen molar-refractivity contribution in [2.45, 2.75) is 23.1 Å². The molecule has 2 unspecified atom stereocenters. The molecule has 0 fully saturated rings. The quantitative estimate of drug-likeness (QED) is 0.676. The molecule has 1 aromatic carbocycles. The number of benzene rings is 1. The fourth-order valence-electron chi connectivity index (χ4n) is 1.58. The van der Waals surface area contributed by atoms with Crippen LogP contribution in [0.4, 0.5) is 10.1 Å². The van der Waals surface area contributed by atoms with E-state index in [4.69, 9.17) is 10.8 Å².